The molecular formula is C14H20N2O4. The first kappa shape index (κ1) is 16.1. The Morgan fingerprint density at radius 3 is 2.65 bits per heavy atom. The molecule has 0 atom stereocenters. The first-order chi connectivity index (χ1) is 9.37. The summed E-state index contributed by atoms with van der Waals surface area (Å²) in [5, 5.41) is 22.4. The van der Waals surface area contributed by atoms with Gasteiger partial charge in [-0.05, 0) is 24.3 Å². The van der Waals surface area contributed by atoms with E-state index in [0.29, 0.717) is 13.0 Å². The van der Waals surface area contributed by atoms with E-state index >= 15 is 0 Å². The Bertz CT molecular complexity index is 486. The van der Waals surface area contributed by atoms with Gasteiger partial charge in [-0.15, -0.1) is 0 Å². The molecule has 0 aromatic heterocycles. The zero-order valence-corrected chi connectivity index (χ0v) is 11.8. The minimum Gasteiger partial charge on any atom is -0.396 e. The number of benzene rings is 1. The molecule has 1 rings (SSSR count). The summed E-state index contributed by atoms with van der Waals surface area (Å²) in [4.78, 5) is 22.3. The van der Waals surface area contributed by atoms with Crippen LogP contribution < -0.4 is 5.32 Å². The number of hydrogen-bond acceptors (Lipinski definition) is 4. The van der Waals surface area contributed by atoms with E-state index < -0.39 is 10.8 Å². The average Bonchev–Trinajstić information content (AvgIpc) is 2.42. The van der Waals surface area contributed by atoms with Crippen molar-refractivity contribution in [3.05, 3.63) is 39.9 Å². The quantitative estimate of drug-likeness (QED) is 0.591. The molecule has 0 spiro atoms. The van der Waals surface area contributed by atoms with Gasteiger partial charge in [-0.25, -0.2) is 0 Å². The number of nitrogens with zero attached hydrogens (tertiary/aromatic N) is 1. The van der Waals surface area contributed by atoms with Crippen molar-refractivity contribution >= 4 is 11.6 Å². The molecule has 110 valence electrons. The lowest BCUT2D eigenvalue weighted by Crippen LogP contribution is -2.34. The highest BCUT2D eigenvalue weighted by Crippen LogP contribution is 2.22. The number of nitrogens with one attached hydrogen (secondary N) is 1. The second-order valence-corrected chi connectivity index (χ2v) is 5.45. The first-order valence-electron chi connectivity index (χ1n) is 6.50. The van der Waals surface area contributed by atoms with Crippen molar-refractivity contribution in [1.29, 1.82) is 0 Å². The Kier molecular flexibility index (Phi) is 5.64. The summed E-state index contributed by atoms with van der Waals surface area (Å²) in [6.45, 7) is 4.46. The number of para-hydroxylation sites is 1. The maximum absolute atomic E-state index is 12.0. The van der Waals surface area contributed by atoms with Crippen molar-refractivity contribution in [3.8, 4) is 0 Å². The fourth-order valence-corrected chi connectivity index (χ4v) is 1.89. The predicted molar refractivity (Wildman–Crippen MR) is 75.5 cm³/mol. The van der Waals surface area contributed by atoms with Crippen LogP contribution in [0.3, 0.4) is 0 Å². The van der Waals surface area contributed by atoms with Gasteiger partial charge in [0.05, 0.1) is 4.92 Å². The molecule has 0 saturated carbocycles. The minimum atomic E-state index is -0.564. The number of hydrogen-bond donors (Lipinski definition) is 2. The van der Waals surface area contributed by atoms with Gasteiger partial charge in [-0.3, -0.25) is 14.9 Å². The number of carbonyl (C=O) groups is 1. The van der Waals surface area contributed by atoms with Gasteiger partial charge >= 0.3 is 0 Å². The summed E-state index contributed by atoms with van der Waals surface area (Å²) in [6.07, 6.45) is 1.43. The summed E-state index contributed by atoms with van der Waals surface area (Å²) in [5.41, 5.74) is -0.296. The van der Waals surface area contributed by atoms with Gasteiger partial charge in [0.2, 0.25) is 0 Å². The molecule has 0 heterocycles. The predicted octanol–water partition coefficient (Wildman–Crippen LogP) is 2.12. The van der Waals surface area contributed by atoms with Gasteiger partial charge in [-0.1, -0.05) is 26.0 Å². The Morgan fingerprint density at radius 1 is 1.40 bits per heavy atom. The van der Waals surface area contributed by atoms with Crippen LogP contribution in [0.2, 0.25) is 0 Å². The molecule has 0 aliphatic rings. The highest BCUT2D eigenvalue weighted by molar-refractivity contribution is 5.98. The minimum absolute atomic E-state index is 0.0652. The monoisotopic (exact) mass is 280 g/mol. The summed E-state index contributed by atoms with van der Waals surface area (Å²) >= 11 is 0. The molecule has 0 radical (unpaired) electrons. The van der Waals surface area contributed by atoms with Crippen LogP contribution in [0.1, 0.15) is 37.0 Å². The van der Waals surface area contributed by atoms with E-state index in [1.165, 1.54) is 18.2 Å². The topological polar surface area (TPSA) is 92.5 Å². The molecule has 0 fully saturated rings. The number of nitro groups is 1. The molecule has 2 N–H and O–H groups in total. The van der Waals surface area contributed by atoms with Crippen LogP contribution in [-0.4, -0.2) is 29.1 Å². The smallest absolute Gasteiger partial charge is 0.282 e. The Labute approximate surface area is 118 Å². The lowest BCUT2D eigenvalue weighted by Gasteiger charge is -2.24. The molecule has 1 amide bonds. The van der Waals surface area contributed by atoms with E-state index in [2.05, 4.69) is 5.32 Å². The molecule has 0 bridgehead atoms. The zero-order chi connectivity index (χ0) is 15.2. The average molecular weight is 280 g/mol. The maximum Gasteiger partial charge on any atom is 0.282 e. The van der Waals surface area contributed by atoms with E-state index in [4.69, 9.17) is 5.11 Å². The van der Waals surface area contributed by atoms with Crippen molar-refractivity contribution in [2.45, 2.75) is 26.7 Å². The SMILES string of the molecule is CC(C)(CCCO)CNC(=O)c1ccccc1[N+](=O)[O-]. The van der Waals surface area contributed by atoms with Gasteiger partial charge in [0.15, 0.2) is 0 Å². The van der Waals surface area contributed by atoms with Gasteiger partial charge in [0.25, 0.3) is 11.6 Å². The molecule has 0 aliphatic carbocycles. The molecule has 20 heavy (non-hydrogen) atoms. The Balaban J connectivity index is 2.70. The van der Waals surface area contributed by atoms with Gasteiger partial charge in [0.1, 0.15) is 5.56 Å². The molecule has 1 aromatic carbocycles. The van der Waals surface area contributed by atoms with Crippen LogP contribution in [0.15, 0.2) is 24.3 Å². The van der Waals surface area contributed by atoms with Crippen LogP contribution in [-0.2, 0) is 0 Å². The van der Waals surface area contributed by atoms with Crippen molar-refractivity contribution in [2.24, 2.45) is 5.41 Å². The van der Waals surface area contributed by atoms with Crippen molar-refractivity contribution < 1.29 is 14.8 Å². The van der Waals surface area contributed by atoms with E-state index in [9.17, 15) is 14.9 Å². The van der Waals surface area contributed by atoms with E-state index in [1.807, 2.05) is 13.8 Å². The molecule has 0 aliphatic heterocycles. The Hall–Kier alpha value is -1.95. The zero-order valence-electron chi connectivity index (χ0n) is 11.8. The molecule has 6 heteroatoms. The van der Waals surface area contributed by atoms with Crippen molar-refractivity contribution in [2.75, 3.05) is 13.2 Å². The molecule has 0 saturated heterocycles. The van der Waals surface area contributed by atoms with Gasteiger partial charge in [0, 0.05) is 19.2 Å². The molecule has 6 nitrogen and oxygen atoms in total. The van der Waals surface area contributed by atoms with Crippen LogP contribution in [0.5, 0.6) is 0 Å². The third-order valence-electron chi connectivity index (χ3n) is 3.08. The number of carbonyl (C=O) groups excluding carboxylic acids is 1. The standard InChI is InChI=1S/C14H20N2O4/c1-14(2,8-5-9-17)10-15-13(18)11-6-3-4-7-12(11)16(19)20/h3-4,6-7,17H,5,8-10H2,1-2H3,(H,15,18). The van der Waals surface area contributed by atoms with Crippen molar-refractivity contribution in [1.82, 2.24) is 5.32 Å². The van der Waals surface area contributed by atoms with Gasteiger partial charge in [-0.2, -0.15) is 0 Å². The number of aliphatic hydroxyl groups is 1. The van der Waals surface area contributed by atoms with E-state index in [1.54, 1.807) is 6.07 Å². The first-order valence-corrected chi connectivity index (χ1v) is 6.50. The summed E-state index contributed by atoms with van der Waals surface area (Å²) in [5.74, 6) is -0.450. The number of amides is 1. The Morgan fingerprint density at radius 2 is 2.05 bits per heavy atom. The summed E-state index contributed by atoms with van der Waals surface area (Å²) in [6, 6.07) is 5.87. The number of rotatable bonds is 7. The normalized spacial score (nSPS) is 11.2. The van der Waals surface area contributed by atoms with E-state index in [0.717, 1.165) is 6.42 Å². The van der Waals surface area contributed by atoms with Gasteiger partial charge < -0.3 is 10.4 Å². The highest BCUT2D eigenvalue weighted by Gasteiger charge is 2.22. The van der Waals surface area contributed by atoms with Crippen molar-refractivity contribution in [3.63, 3.8) is 0 Å². The molecule has 1 aromatic rings. The number of aliphatic hydroxyl groups excluding tert-OH is 1. The highest BCUT2D eigenvalue weighted by atomic mass is 16.6. The van der Waals surface area contributed by atoms with Crippen LogP contribution in [0, 0.1) is 15.5 Å². The second-order valence-electron chi connectivity index (χ2n) is 5.45. The van der Waals surface area contributed by atoms with E-state index in [-0.39, 0.29) is 23.3 Å². The molecule has 0 unspecified atom stereocenters. The fraction of sp³-hybridized carbons (Fsp3) is 0.500. The lowest BCUT2D eigenvalue weighted by atomic mass is 9.88. The second kappa shape index (κ2) is 7.00. The van der Waals surface area contributed by atoms with Crippen LogP contribution in [0.25, 0.3) is 0 Å². The summed E-state index contributed by atoms with van der Waals surface area (Å²) < 4.78 is 0. The maximum atomic E-state index is 12.0. The van der Waals surface area contributed by atoms with Crippen LogP contribution >= 0.6 is 0 Å². The van der Waals surface area contributed by atoms with Crippen LogP contribution in [0.4, 0.5) is 5.69 Å². The lowest BCUT2D eigenvalue weighted by molar-refractivity contribution is -0.385. The number of nitro benzene ring substituents is 1. The third kappa shape index (κ3) is 4.62. The molecular weight excluding hydrogens is 260 g/mol. The third-order valence-corrected chi connectivity index (χ3v) is 3.08. The summed E-state index contributed by atoms with van der Waals surface area (Å²) in [7, 11) is 0. The fourth-order valence-electron chi connectivity index (χ4n) is 1.89. The largest absolute Gasteiger partial charge is 0.396 e.